The summed E-state index contributed by atoms with van der Waals surface area (Å²) in [5.74, 6) is 1.04. The quantitative estimate of drug-likeness (QED) is 0.909. The molecule has 0 radical (unpaired) electrons. The van der Waals surface area contributed by atoms with E-state index in [0.717, 1.165) is 5.56 Å². The summed E-state index contributed by atoms with van der Waals surface area (Å²) in [6.45, 7) is 1.90. The van der Waals surface area contributed by atoms with E-state index in [4.69, 9.17) is 22.1 Å². The van der Waals surface area contributed by atoms with E-state index in [0.29, 0.717) is 16.7 Å². The van der Waals surface area contributed by atoms with Gasteiger partial charge >= 0.3 is 0 Å². The van der Waals surface area contributed by atoms with Crippen molar-refractivity contribution in [2.45, 2.75) is 13.0 Å². The summed E-state index contributed by atoms with van der Waals surface area (Å²) in [6, 6.07) is 5.28. The Morgan fingerprint density at radius 3 is 2.71 bits per heavy atom. The zero-order valence-electron chi connectivity index (χ0n) is 9.30. The predicted molar refractivity (Wildman–Crippen MR) is 66.2 cm³/mol. The van der Waals surface area contributed by atoms with Gasteiger partial charge in [-0.1, -0.05) is 17.7 Å². The number of rotatable bonds is 3. The first kappa shape index (κ1) is 11.8. The van der Waals surface area contributed by atoms with Crippen molar-refractivity contribution in [3.8, 4) is 11.6 Å². The zero-order valence-corrected chi connectivity index (χ0v) is 10.1. The first-order chi connectivity index (χ1) is 8.15. The highest BCUT2D eigenvalue weighted by atomic mass is 35.5. The number of aromatic nitrogens is 2. The predicted octanol–water partition coefficient (Wildman–Crippen LogP) is 2.94. The van der Waals surface area contributed by atoms with Crippen LogP contribution in [0.3, 0.4) is 0 Å². The minimum Gasteiger partial charge on any atom is -0.437 e. The van der Waals surface area contributed by atoms with Crippen molar-refractivity contribution >= 4 is 11.6 Å². The van der Waals surface area contributed by atoms with Crippen molar-refractivity contribution in [3.05, 3.63) is 47.4 Å². The van der Waals surface area contributed by atoms with E-state index >= 15 is 0 Å². The van der Waals surface area contributed by atoms with Gasteiger partial charge in [0.1, 0.15) is 5.75 Å². The van der Waals surface area contributed by atoms with E-state index in [2.05, 4.69) is 9.97 Å². The largest absolute Gasteiger partial charge is 0.437 e. The van der Waals surface area contributed by atoms with E-state index in [-0.39, 0.29) is 6.04 Å². The number of pyridine rings is 2. The van der Waals surface area contributed by atoms with Gasteiger partial charge in [-0.05, 0) is 12.5 Å². The van der Waals surface area contributed by atoms with Gasteiger partial charge < -0.3 is 10.5 Å². The molecule has 88 valence electrons. The van der Waals surface area contributed by atoms with Gasteiger partial charge in [0.05, 0.1) is 11.2 Å². The Hall–Kier alpha value is -1.65. The molecule has 0 bridgehead atoms. The van der Waals surface area contributed by atoms with E-state index in [1.54, 1.807) is 30.7 Å². The Balaban J connectivity index is 2.14. The van der Waals surface area contributed by atoms with Crippen molar-refractivity contribution in [1.29, 1.82) is 0 Å². The number of nitrogens with two attached hydrogens (primary N) is 1. The number of hydrogen-bond donors (Lipinski definition) is 1. The lowest BCUT2D eigenvalue weighted by atomic mass is 10.2. The molecular weight excluding hydrogens is 238 g/mol. The Kier molecular flexibility index (Phi) is 3.56. The topological polar surface area (TPSA) is 61.0 Å². The standard InChI is InChI=1S/C12H12ClN3O/c1-8(14)9-2-3-12(16-5-9)17-11-4-10(13)6-15-7-11/h2-8H,14H2,1H3/t8-/m0/s1. The number of hydrogen-bond acceptors (Lipinski definition) is 4. The smallest absolute Gasteiger partial charge is 0.219 e. The Morgan fingerprint density at radius 2 is 2.12 bits per heavy atom. The maximum atomic E-state index is 5.80. The summed E-state index contributed by atoms with van der Waals surface area (Å²) < 4.78 is 5.50. The third-order valence-electron chi connectivity index (χ3n) is 2.19. The third kappa shape index (κ3) is 3.15. The van der Waals surface area contributed by atoms with Gasteiger partial charge in [-0.25, -0.2) is 4.98 Å². The molecule has 1 atom stereocenters. The fourth-order valence-corrected chi connectivity index (χ4v) is 1.45. The van der Waals surface area contributed by atoms with Gasteiger partial charge in [-0.2, -0.15) is 0 Å². The first-order valence-corrected chi connectivity index (χ1v) is 5.53. The average molecular weight is 250 g/mol. The highest BCUT2D eigenvalue weighted by molar-refractivity contribution is 6.30. The van der Waals surface area contributed by atoms with Crippen molar-refractivity contribution in [1.82, 2.24) is 9.97 Å². The molecule has 5 heteroatoms. The fraction of sp³-hybridized carbons (Fsp3) is 0.167. The Bertz CT molecular complexity index is 499. The molecule has 0 aliphatic heterocycles. The van der Waals surface area contributed by atoms with Crippen molar-refractivity contribution < 1.29 is 4.74 Å². The van der Waals surface area contributed by atoms with Crippen LogP contribution < -0.4 is 10.5 Å². The maximum absolute atomic E-state index is 5.80. The lowest BCUT2D eigenvalue weighted by molar-refractivity contribution is 0.460. The van der Waals surface area contributed by atoms with Crippen LogP contribution in [0.4, 0.5) is 0 Å². The van der Waals surface area contributed by atoms with Crippen LogP contribution in [-0.2, 0) is 0 Å². The minimum absolute atomic E-state index is 0.0376. The molecule has 0 amide bonds. The minimum atomic E-state index is -0.0376. The van der Waals surface area contributed by atoms with Crippen LogP contribution in [0, 0.1) is 0 Å². The van der Waals surface area contributed by atoms with E-state index in [1.165, 1.54) is 0 Å². The van der Waals surface area contributed by atoms with Crippen LogP contribution in [-0.4, -0.2) is 9.97 Å². The molecule has 2 rings (SSSR count). The van der Waals surface area contributed by atoms with E-state index in [1.807, 2.05) is 13.0 Å². The molecular formula is C12H12ClN3O. The summed E-state index contributed by atoms with van der Waals surface area (Å²) in [5, 5.41) is 0.523. The van der Waals surface area contributed by atoms with Crippen LogP contribution >= 0.6 is 11.6 Å². The molecule has 2 aromatic rings. The maximum Gasteiger partial charge on any atom is 0.219 e. The molecule has 0 aliphatic rings. The van der Waals surface area contributed by atoms with Gasteiger partial charge in [0.2, 0.25) is 5.88 Å². The normalized spacial score (nSPS) is 12.2. The molecule has 0 unspecified atom stereocenters. The Morgan fingerprint density at radius 1 is 1.29 bits per heavy atom. The molecule has 0 fully saturated rings. The fourth-order valence-electron chi connectivity index (χ4n) is 1.29. The average Bonchev–Trinajstić information content (AvgIpc) is 2.29. The Labute approximate surface area is 104 Å². The van der Waals surface area contributed by atoms with Gasteiger partial charge in [0.25, 0.3) is 0 Å². The monoisotopic (exact) mass is 249 g/mol. The summed E-state index contributed by atoms with van der Waals surface area (Å²) in [4.78, 5) is 8.07. The molecule has 2 heterocycles. The molecule has 17 heavy (non-hydrogen) atoms. The number of nitrogens with zero attached hydrogens (tertiary/aromatic N) is 2. The van der Waals surface area contributed by atoms with Crippen molar-refractivity contribution in [2.24, 2.45) is 5.73 Å². The molecule has 4 nitrogen and oxygen atoms in total. The number of ether oxygens (including phenoxy) is 1. The highest BCUT2D eigenvalue weighted by Gasteiger charge is 2.02. The summed E-state index contributed by atoms with van der Waals surface area (Å²) in [6.07, 6.45) is 4.81. The molecule has 0 spiro atoms. The van der Waals surface area contributed by atoms with Crippen LogP contribution in [0.2, 0.25) is 5.02 Å². The third-order valence-corrected chi connectivity index (χ3v) is 2.39. The van der Waals surface area contributed by atoms with E-state index < -0.39 is 0 Å². The van der Waals surface area contributed by atoms with Crippen molar-refractivity contribution in [3.63, 3.8) is 0 Å². The lowest BCUT2D eigenvalue weighted by Crippen LogP contribution is -2.05. The van der Waals surface area contributed by atoms with Crippen molar-refractivity contribution in [2.75, 3.05) is 0 Å². The zero-order chi connectivity index (χ0) is 12.3. The van der Waals surface area contributed by atoms with Gasteiger partial charge in [-0.15, -0.1) is 0 Å². The first-order valence-electron chi connectivity index (χ1n) is 5.15. The molecule has 0 saturated carbocycles. The molecule has 0 aromatic carbocycles. The second-order valence-electron chi connectivity index (χ2n) is 3.66. The van der Waals surface area contributed by atoms with Crippen LogP contribution in [0.5, 0.6) is 11.6 Å². The van der Waals surface area contributed by atoms with Gasteiger partial charge in [-0.3, -0.25) is 4.98 Å². The lowest BCUT2D eigenvalue weighted by Gasteiger charge is -2.07. The summed E-state index contributed by atoms with van der Waals surface area (Å²) in [5.41, 5.74) is 6.69. The molecule has 2 N–H and O–H groups in total. The molecule has 0 aliphatic carbocycles. The second-order valence-corrected chi connectivity index (χ2v) is 4.10. The molecule has 0 saturated heterocycles. The van der Waals surface area contributed by atoms with Crippen LogP contribution in [0.1, 0.15) is 18.5 Å². The van der Waals surface area contributed by atoms with Crippen LogP contribution in [0.25, 0.3) is 0 Å². The number of halogens is 1. The SMILES string of the molecule is C[C@H](N)c1ccc(Oc2cncc(Cl)c2)nc1. The summed E-state index contributed by atoms with van der Waals surface area (Å²) in [7, 11) is 0. The van der Waals surface area contributed by atoms with E-state index in [9.17, 15) is 0 Å². The van der Waals surface area contributed by atoms with Crippen LogP contribution in [0.15, 0.2) is 36.8 Å². The second kappa shape index (κ2) is 5.12. The summed E-state index contributed by atoms with van der Waals surface area (Å²) >= 11 is 5.80. The molecule has 2 aromatic heterocycles. The highest BCUT2D eigenvalue weighted by Crippen LogP contribution is 2.22. The van der Waals surface area contributed by atoms with Gasteiger partial charge in [0.15, 0.2) is 0 Å². The van der Waals surface area contributed by atoms with Gasteiger partial charge in [0, 0.05) is 30.6 Å².